The second kappa shape index (κ2) is 6.29. The van der Waals surface area contributed by atoms with Gasteiger partial charge in [0.2, 0.25) is 11.8 Å². The molecule has 0 atom stereocenters. The predicted molar refractivity (Wildman–Crippen MR) is 78.3 cm³/mol. The highest BCUT2D eigenvalue weighted by Crippen LogP contribution is 2.32. The van der Waals surface area contributed by atoms with Crippen LogP contribution in [-0.2, 0) is 9.59 Å². The zero-order valence-electron chi connectivity index (χ0n) is 10.8. The highest BCUT2D eigenvalue weighted by molar-refractivity contribution is 8.00. The maximum Gasteiger partial charge on any atom is 0.248 e. The Kier molecular flexibility index (Phi) is 4.47. The number of hydrogen-bond acceptors (Lipinski definition) is 4. The smallest absolute Gasteiger partial charge is 0.248 e. The number of hydrogen-bond donors (Lipinski definition) is 3. The molecule has 2 aromatic rings. The van der Waals surface area contributed by atoms with E-state index in [4.69, 9.17) is 0 Å². The van der Waals surface area contributed by atoms with E-state index in [1.54, 1.807) is 12.1 Å². The van der Waals surface area contributed by atoms with E-state index < -0.39 is 0 Å². The van der Waals surface area contributed by atoms with Crippen molar-refractivity contribution in [1.29, 1.82) is 0 Å². The minimum Gasteiger partial charge on any atom is -0.507 e. The quantitative estimate of drug-likeness (QED) is 0.595. The number of phenolic OH excluding ortho intramolecular Hbond substituents is 1. The highest BCUT2D eigenvalue weighted by atomic mass is 32.2. The molecule has 3 N–H and O–H groups in total. The van der Waals surface area contributed by atoms with E-state index in [0.29, 0.717) is 0 Å². The average molecular weight is 290 g/mol. The van der Waals surface area contributed by atoms with E-state index in [-0.39, 0.29) is 23.3 Å². The number of carbonyl (C=O) groups excluding carboxylic acids is 2. The third-order valence-electron chi connectivity index (χ3n) is 2.60. The zero-order valence-corrected chi connectivity index (χ0v) is 11.7. The standard InChI is InChI=1S/C14H14N2O3S/c1-9(17)15-16-14(19)8-20-13-7-6-12(18)10-4-2-3-5-11(10)13/h2-7,18H,8H2,1H3,(H,15,17)(H,16,19). The monoisotopic (exact) mass is 290 g/mol. The number of thioether (sulfide) groups is 1. The van der Waals surface area contributed by atoms with Gasteiger partial charge in [0.25, 0.3) is 0 Å². The summed E-state index contributed by atoms with van der Waals surface area (Å²) in [6.45, 7) is 1.32. The minimum absolute atomic E-state index is 0.176. The number of fused-ring (bicyclic) bond motifs is 1. The number of amides is 2. The van der Waals surface area contributed by atoms with Gasteiger partial charge >= 0.3 is 0 Å². The normalized spacial score (nSPS) is 10.2. The molecule has 6 heteroatoms. The van der Waals surface area contributed by atoms with Crippen molar-refractivity contribution in [2.24, 2.45) is 0 Å². The molecule has 5 nitrogen and oxygen atoms in total. The highest BCUT2D eigenvalue weighted by Gasteiger charge is 2.08. The summed E-state index contributed by atoms with van der Waals surface area (Å²) in [5.41, 5.74) is 4.54. The van der Waals surface area contributed by atoms with Crippen LogP contribution < -0.4 is 10.9 Å². The van der Waals surface area contributed by atoms with Crippen LogP contribution in [0.1, 0.15) is 6.92 Å². The van der Waals surface area contributed by atoms with E-state index in [0.717, 1.165) is 15.7 Å². The van der Waals surface area contributed by atoms with E-state index >= 15 is 0 Å². The minimum atomic E-state index is -0.321. The molecule has 0 spiro atoms. The van der Waals surface area contributed by atoms with Crippen LogP contribution in [0.4, 0.5) is 0 Å². The summed E-state index contributed by atoms with van der Waals surface area (Å²) in [5.74, 6) is -0.219. The Labute approximate surface area is 120 Å². The summed E-state index contributed by atoms with van der Waals surface area (Å²) in [7, 11) is 0. The van der Waals surface area contributed by atoms with Crippen LogP contribution in [0.5, 0.6) is 5.75 Å². The lowest BCUT2D eigenvalue weighted by molar-refractivity contribution is -0.126. The first kappa shape index (κ1) is 14.2. The van der Waals surface area contributed by atoms with Crippen molar-refractivity contribution in [3.8, 4) is 5.75 Å². The number of carbonyl (C=O) groups is 2. The SMILES string of the molecule is CC(=O)NNC(=O)CSc1ccc(O)c2ccccc12. The van der Waals surface area contributed by atoms with Gasteiger partial charge in [0.15, 0.2) is 0 Å². The summed E-state index contributed by atoms with van der Waals surface area (Å²) < 4.78 is 0. The largest absolute Gasteiger partial charge is 0.507 e. The molecule has 0 saturated carbocycles. The van der Waals surface area contributed by atoms with Crippen LogP contribution in [0, 0.1) is 0 Å². The van der Waals surface area contributed by atoms with Crippen LogP contribution in [-0.4, -0.2) is 22.7 Å². The number of phenols is 1. The third kappa shape index (κ3) is 3.42. The predicted octanol–water partition coefficient (Wildman–Crippen LogP) is 1.80. The molecule has 0 aliphatic heterocycles. The molecule has 2 aromatic carbocycles. The molecule has 0 saturated heterocycles. The lowest BCUT2D eigenvalue weighted by Crippen LogP contribution is -2.41. The lowest BCUT2D eigenvalue weighted by Gasteiger charge is -2.08. The van der Waals surface area contributed by atoms with Gasteiger partial charge in [-0.3, -0.25) is 20.4 Å². The topological polar surface area (TPSA) is 78.4 Å². The van der Waals surface area contributed by atoms with Gasteiger partial charge in [-0.2, -0.15) is 0 Å². The Morgan fingerprint density at radius 1 is 1.10 bits per heavy atom. The van der Waals surface area contributed by atoms with Crippen molar-refractivity contribution in [3.63, 3.8) is 0 Å². The van der Waals surface area contributed by atoms with Gasteiger partial charge in [-0.1, -0.05) is 24.3 Å². The van der Waals surface area contributed by atoms with Crippen molar-refractivity contribution in [2.45, 2.75) is 11.8 Å². The second-order valence-corrected chi connectivity index (χ2v) is 5.16. The summed E-state index contributed by atoms with van der Waals surface area (Å²) in [4.78, 5) is 23.1. The Balaban J connectivity index is 2.09. The van der Waals surface area contributed by atoms with Gasteiger partial charge in [-0.05, 0) is 17.5 Å². The fraction of sp³-hybridized carbons (Fsp3) is 0.143. The van der Waals surface area contributed by atoms with Gasteiger partial charge in [-0.15, -0.1) is 11.8 Å². The molecule has 0 radical (unpaired) electrons. The Morgan fingerprint density at radius 3 is 2.50 bits per heavy atom. The van der Waals surface area contributed by atoms with Gasteiger partial charge in [0.05, 0.1) is 5.75 Å². The maximum atomic E-state index is 11.5. The third-order valence-corrected chi connectivity index (χ3v) is 3.67. The molecule has 0 unspecified atom stereocenters. The summed E-state index contributed by atoms with van der Waals surface area (Å²) in [5, 5.41) is 11.4. The van der Waals surface area contributed by atoms with Crippen LogP contribution in [0.15, 0.2) is 41.3 Å². The number of aromatic hydroxyl groups is 1. The first-order chi connectivity index (χ1) is 9.58. The molecular formula is C14H14N2O3S. The van der Waals surface area contributed by atoms with Crippen molar-refractivity contribution in [2.75, 3.05) is 5.75 Å². The van der Waals surface area contributed by atoms with Crippen LogP contribution in [0.3, 0.4) is 0 Å². The Hall–Kier alpha value is -2.21. The molecular weight excluding hydrogens is 276 g/mol. The van der Waals surface area contributed by atoms with Crippen molar-refractivity contribution < 1.29 is 14.7 Å². The number of benzene rings is 2. The van der Waals surface area contributed by atoms with Crippen molar-refractivity contribution in [3.05, 3.63) is 36.4 Å². The van der Waals surface area contributed by atoms with Crippen LogP contribution in [0.25, 0.3) is 10.8 Å². The van der Waals surface area contributed by atoms with Gasteiger partial charge in [-0.25, -0.2) is 0 Å². The molecule has 104 valence electrons. The summed E-state index contributed by atoms with van der Waals surface area (Å²) in [6.07, 6.45) is 0. The van der Waals surface area contributed by atoms with Crippen molar-refractivity contribution >= 4 is 34.3 Å². The van der Waals surface area contributed by atoms with Gasteiger partial charge in [0, 0.05) is 17.2 Å². The maximum absolute atomic E-state index is 11.5. The first-order valence-electron chi connectivity index (χ1n) is 5.97. The molecule has 0 bridgehead atoms. The number of hydrazine groups is 1. The molecule has 0 heterocycles. The van der Waals surface area contributed by atoms with Gasteiger partial charge < -0.3 is 5.11 Å². The van der Waals surface area contributed by atoms with E-state index in [1.807, 2.05) is 24.3 Å². The number of rotatable bonds is 3. The molecule has 2 rings (SSSR count). The van der Waals surface area contributed by atoms with E-state index in [2.05, 4.69) is 10.9 Å². The summed E-state index contributed by atoms with van der Waals surface area (Å²) in [6, 6.07) is 10.8. The van der Waals surface area contributed by atoms with Gasteiger partial charge in [0.1, 0.15) is 5.75 Å². The lowest BCUT2D eigenvalue weighted by atomic mass is 10.1. The van der Waals surface area contributed by atoms with Crippen LogP contribution in [0.2, 0.25) is 0 Å². The molecule has 0 aliphatic carbocycles. The van der Waals surface area contributed by atoms with Crippen molar-refractivity contribution in [1.82, 2.24) is 10.9 Å². The molecule has 20 heavy (non-hydrogen) atoms. The fourth-order valence-corrected chi connectivity index (χ4v) is 2.58. The Morgan fingerprint density at radius 2 is 1.80 bits per heavy atom. The number of nitrogens with one attached hydrogen (secondary N) is 2. The molecule has 0 fully saturated rings. The fourth-order valence-electron chi connectivity index (χ4n) is 1.72. The molecule has 0 aromatic heterocycles. The first-order valence-corrected chi connectivity index (χ1v) is 6.95. The average Bonchev–Trinajstić information content (AvgIpc) is 2.45. The molecule has 0 aliphatic rings. The molecule has 2 amide bonds. The van der Waals surface area contributed by atoms with E-state index in [1.165, 1.54) is 18.7 Å². The van der Waals surface area contributed by atoms with E-state index in [9.17, 15) is 14.7 Å². The second-order valence-electron chi connectivity index (χ2n) is 4.15. The zero-order chi connectivity index (χ0) is 14.5. The summed E-state index contributed by atoms with van der Waals surface area (Å²) >= 11 is 1.34. The Bertz CT molecular complexity index is 658. The van der Waals surface area contributed by atoms with Crippen LogP contribution >= 0.6 is 11.8 Å².